The highest BCUT2D eigenvalue weighted by Crippen LogP contribution is 2.30. The molecule has 0 aromatic heterocycles. The summed E-state index contributed by atoms with van der Waals surface area (Å²) in [5.74, 6) is 0.881. The van der Waals surface area contributed by atoms with Crippen LogP contribution in [0.5, 0.6) is 23.0 Å². The van der Waals surface area contributed by atoms with E-state index in [2.05, 4.69) is 10.1 Å². The highest BCUT2D eigenvalue weighted by molar-refractivity contribution is 5.94. The number of rotatable bonds is 10. The Morgan fingerprint density at radius 1 is 1.00 bits per heavy atom. The number of hydrogen-bond donors (Lipinski definition) is 1. The second-order valence-electron chi connectivity index (χ2n) is 5.67. The van der Waals surface area contributed by atoms with Crippen LogP contribution in [-0.4, -0.2) is 39.9 Å². The Morgan fingerprint density at radius 3 is 2.36 bits per heavy atom. The second kappa shape index (κ2) is 10.3. The van der Waals surface area contributed by atoms with Crippen LogP contribution in [0.25, 0.3) is 0 Å². The van der Waals surface area contributed by atoms with Gasteiger partial charge in [0.15, 0.2) is 23.0 Å². The predicted molar refractivity (Wildman–Crippen MR) is 99.8 cm³/mol. The molecule has 2 rings (SSSR count). The lowest BCUT2D eigenvalue weighted by Gasteiger charge is -2.13. The molecule has 0 bridgehead atoms. The van der Waals surface area contributed by atoms with Crippen LogP contribution < -0.4 is 24.3 Å². The van der Waals surface area contributed by atoms with Gasteiger partial charge in [-0.3, -0.25) is 4.79 Å². The number of halogens is 2. The van der Waals surface area contributed by atoms with Gasteiger partial charge in [0.05, 0.1) is 20.8 Å². The standard InChI is InChI=1S/C20H23F2NO5/c1-4-27-18-12-14(6-8-16(18)28-20(21)22)19(24)23-10-9-13-5-7-15(25-2)17(11-13)26-3/h5-8,11-12,20H,4,9-10H2,1-3H3,(H,23,24). The van der Waals surface area contributed by atoms with E-state index < -0.39 is 6.61 Å². The van der Waals surface area contributed by atoms with E-state index in [0.717, 1.165) is 5.56 Å². The highest BCUT2D eigenvalue weighted by atomic mass is 19.3. The minimum Gasteiger partial charge on any atom is -0.493 e. The van der Waals surface area contributed by atoms with Crippen molar-refractivity contribution in [1.29, 1.82) is 0 Å². The molecule has 2 aromatic carbocycles. The van der Waals surface area contributed by atoms with Crippen molar-refractivity contribution in [2.24, 2.45) is 0 Å². The first-order chi connectivity index (χ1) is 13.5. The van der Waals surface area contributed by atoms with Crippen molar-refractivity contribution in [2.75, 3.05) is 27.4 Å². The van der Waals surface area contributed by atoms with Crippen LogP contribution in [0.15, 0.2) is 36.4 Å². The summed E-state index contributed by atoms with van der Waals surface area (Å²) >= 11 is 0. The first-order valence-electron chi connectivity index (χ1n) is 8.69. The zero-order valence-electron chi connectivity index (χ0n) is 16.0. The number of carbonyl (C=O) groups is 1. The molecule has 0 aliphatic rings. The van der Waals surface area contributed by atoms with E-state index in [4.69, 9.17) is 14.2 Å². The van der Waals surface area contributed by atoms with E-state index in [9.17, 15) is 13.6 Å². The summed E-state index contributed by atoms with van der Waals surface area (Å²) in [5, 5.41) is 2.79. The minimum atomic E-state index is -2.97. The average molecular weight is 395 g/mol. The number of nitrogens with one attached hydrogen (secondary N) is 1. The molecule has 0 aliphatic carbocycles. The summed E-state index contributed by atoms with van der Waals surface area (Å²) < 4.78 is 45.0. The van der Waals surface area contributed by atoms with Crippen molar-refractivity contribution in [2.45, 2.75) is 20.0 Å². The van der Waals surface area contributed by atoms with Crippen LogP contribution in [0, 0.1) is 0 Å². The van der Waals surface area contributed by atoms with Gasteiger partial charge in [-0.25, -0.2) is 0 Å². The van der Waals surface area contributed by atoms with Crippen LogP contribution in [0.4, 0.5) is 8.78 Å². The number of benzene rings is 2. The fraction of sp³-hybridized carbons (Fsp3) is 0.350. The number of ether oxygens (including phenoxy) is 4. The molecule has 28 heavy (non-hydrogen) atoms. The smallest absolute Gasteiger partial charge is 0.387 e. The largest absolute Gasteiger partial charge is 0.493 e. The molecule has 152 valence electrons. The van der Waals surface area contributed by atoms with Crippen molar-refractivity contribution < 1.29 is 32.5 Å². The Morgan fingerprint density at radius 2 is 1.71 bits per heavy atom. The van der Waals surface area contributed by atoms with Crippen molar-refractivity contribution in [3.8, 4) is 23.0 Å². The van der Waals surface area contributed by atoms with E-state index in [1.54, 1.807) is 27.2 Å². The third kappa shape index (κ3) is 5.73. The fourth-order valence-electron chi connectivity index (χ4n) is 2.57. The Kier molecular flexibility index (Phi) is 7.86. The molecule has 0 heterocycles. The van der Waals surface area contributed by atoms with Crippen LogP contribution in [-0.2, 0) is 6.42 Å². The third-order valence-corrected chi connectivity index (χ3v) is 3.87. The Bertz CT molecular complexity index is 798. The SMILES string of the molecule is CCOc1cc(C(=O)NCCc2ccc(OC)c(OC)c2)ccc1OC(F)F. The highest BCUT2D eigenvalue weighted by Gasteiger charge is 2.14. The van der Waals surface area contributed by atoms with Gasteiger partial charge in [-0.05, 0) is 49.2 Å². The van der Waals surface area contributed by atoms with Gasteiger partial charge in [0.25, 0.3) is 5.91 Å². The lowest BCUT2D eigenvalue weighted by atomic mass is 10.1. The van der Waals surface area contributed by atoms with Crippen LogP contribution in [0.3, 0.4) is 0 Å². The molecule has 0 saturated heterocycles. The number of alkyl halides is 2. The van der Waals surface area contributed by atoms with Gasteiger partial charge in [-0.15, -0.1) is 0 Å². The van der Waals surface area contributed by atoms with Crippen LogP contribution in [0.2, 0.25) is 0 Å². The number of amides is 1. The molecule has 0 fully saturated rings. The monoisotopic (exact) mass is 395 g/mol. The van der Waals surface area contributed by atoms with Crippen molar-refractivity contribution in [1.82, 2.24) is 5.32 Å². The number of carbonyl (C=O) groups excluding carboxylic acids is 1. The molecule has 0 unspecified atom stereocenters. The molecule has 0 atom stereocenters. The molecule has 8 heteroatoms. The predicted octanol–water partition coefficient (Wildman–Crippen LogP) is 3.68. The van der Waals surface area contributed by atoms with Gasteiger partial charge >= 0.3 is 6.61 Å². The van der Waals surface area contributed by atoms with Crippen molar-refractivity contribution in [3.63, 3.8) is 0 Å². The summed E-state index contributed by atoms with van der Waals surface area (Å²) in [5.41, 5.74) is 1.26. The van der Waals surface area contributed by atoms with Gasteiger partial charge in [-0.2, -0.15) is 8.78 Å². The second-order valence-corrected chi connectivity index (χ2v) is 5.67. The molecule has 1 amide bonds. The molecular weight excluding hydrogens is 372 g/mol. The summed E-state index contributed by atoms with van der Waals surface area (Å²) in [7, 11) is 3.12. The molecule has 2 aromatic rings. The normalized spacial score (nSPS) is 10.5. The molecule has 0 saturated carbocycles. The Labute approximate surface area is 162 Å². The van der Waals surface area contributed by atoms with E-state index in [0.29, 0.717) is 24.5 Å². The van der Waals surface area contributed by atoms with E-state index in [1.165, 1.54) is 18.2 Å². The first kappa shape index (κ1) is 21.3. The average Bonchev–Trinajstić information content (AvgIpc) is 2.68. The summed E-state index contributed by atoms with van der Waals surface area (Å²) in [6.45, 7) is -0.625. The summed E-state index contributed by atoms with van der Waals surface area (Å²) in [4.78, 5) is 12.3. The van der Waals surface area contributed by atoms with Gasteiger partial charge in [0.1, 0.15) is 0 Å². The van der Waals surface area contributed by atoms with Gasteiger partial charge in [-0.1, -0.05) is 6.07 Å². The van der Waals surface area contributed by atoms with Crippen LogP contribution >= 0.6 is 0 Å². The maximum absolute atomic E-state index is 12.5. The molecule has 1 N–H and O–H groups in total. The summed E-state index contributed by atoms with van der Waals surface area (Å²) in [6.07, 6.45) is 0.580. The molecule has 0 radical (unpaired) electrons. The topological polar surface area (TPSA) is 66.0 Å². The zero-order valence-corrected chi connectivity index (χ0v) is 16.0. The first-order valence-corrected chi connectivity index (χ1v) is 8.69. The Hall–Kier alpha value is -3.03. The minimum absolute atomic E-state index is 0.0929. The zero-order chi connectivity index (χ0) is 20.5. The third-order valence-electron chi connectivity index (χ3n) is 3.87. The molecular formula is C20H23F2NO5. The van der Waals surface area contributed by atoms with E-state index in [-0.39, 0.29) is 29.6 Å². The molecule has 0 spiro atoms. The summed E-state index contributed by atoms with van der Waals surface area (Å²) in [6, 6.07) is 9.61. The molecule has 6 nitrogen and oxygen atoms in total. The van der Waals surface area contributed by atoms with E-state index >= 15 is 0 Å². The van der Waals surface area contributed by atoms with Crippen LogP contribution in [0.1, 0.15) is 22.8 Å². The van der Waals surface area contributed by atoms with Gasteiger partial charge in [0, 0.05) is 12.1 Å². The lowest BCUT2D eigenvalue weighted by molar-refractivity contribution is -0.0514. The van der Waals surface area contributed by atoms with E-state index in [1.807, 2.05) is 12.1 Å². The maximum Gasteiger partial charge on any atom is 0.387 e. The number of methoxy groups -OCH3 is 2. The van der Waals surface area contributed by atoms with Crippen molar-refractivity contribution >= 4 is 5.91 Å². The quantitative estimate of drug-likeness (QED) is 0.665. The lowest BCUT2D eigenvalue weighted by Crippen LogP contribution is -2.25. The van der Waals surface area contributed by atoms with Gasteiger partial charge < -0.3 is 24.3 Å². The maximum atomic E-state index is 12.5. The molecule has 0 aliphatic heterocycles. The fourth-order valence-corrected chi connectivity index (χ4v) is 2.57. The van der Waals surface area contributed by atoms with Gasteiger partial charge in [0.2, 0.25) is 0 Å². The Balaban J connectivity index is 2.00. The van der Waals surface area contributed by atoms with Crippen molar-refractivity contribution in [3.05, 3.63) is 47.5 Å². The number of hydrogen-bond acceptors (Lipinski definition) is 5.